The van der Waals surface area contributed by atoms with Gasteiger partial charge in [0.2, 0.25) is 0 Å². The molecule has 2 heterocycles. The highest BCUT2D eigenvalue weighted by molar-refractivity contribution is 6.42. The van der Waals surface area contributed by atoms with Gasteiger partial charge < -0.3 is 15.9 Å². The maximum Gasteiger partial charge on any atom is 0.328 e. The topological polar surface area (TPSA) is 131 Å². The molecule has 0 bridgehead atoms. The average molecular weight is 423 g/mol. The molecule has 0 atom stereocenters. The molecule has 0 spiro atoms. The number of nitrogens with two attached hydrogens (primary N) is 1. The Morgan fingerprint density at radius 1 is 1.11 bits per heavy atom. The molecule has 0 radical (unpaired) electrons. The van der Waals surface area contributed by atoms with Gasteiger partial charge in [-0.25, -0.2) is 9.59 Å². The first kappa shape index (κ1) is 21.4. The summed E-state index contributed by atoms with van der Waals surface area (Å²) in [5.41, 5.74) is 8.38. The van der Waals surface area contributed by atoms with Crippen molar-refractivity contribution >= 4 is 46.0 Å². The zero-order chi connectivity index (χ0) is 20.7. The molecule has 28 heavy (non-hydrogen) atoms. The molecular weight excluding hydrogens is 407 g/mol. The number of carboxylic acid groups (broad SMARTS) is 2. The van der Waals surface area contributed by atoms with Crippen LogP contribution in [0.2, 0.25) is 10.0 Å². The predicted molar refractivity (Wildman–Crippen MR) is 106 cm³/mol. The molecule has 0 fully saturated rings. The van der Waals surface area contributed by atoms with Crippen LogP contribution in [-0.4, -0.2) is 43.5 Å². The molecule has 8 nitrogen and oxygen atoms in total. The van der Waals surface area contributed by atoms with Crippen molar-refractivity contribution in [3.05, 3.63) is 58.9 Å². The van der Waals surface area contributed by atoms with Gasteiger partial charge >= 0.3 is 11.9 Å². The first-order valence-electron chi connectivity index (χ1n) is 7.93. The van der Waals surface area contributed by atoms with E-state index in [2.05, 4.69) is 10.1 Å². The van der Waals surface area contributed by atoms with E-state index in [0.29, 0.717) is 35.3 Å². The van der Waals surface area contributed by atoms with Gasteiger partial charge in [-0.1, -0.05) is 29.3 Å². The lowest BCUT2D eigenvalue weighted by Gasteiger charge is -2.00. The smallest absolute Gasteiger partial charge is 0.328 e. The van der Waals surface area contributed by atoms with Crippen molar-refractivity contribution < 1.29 is 19.8 Å². The Balaban J connectivity index is 0.000000300. The van der Waals surface area contributed by atoms with Gasteiger partial charge in [-0.2, -0.15) is 5.10 Å². The zero-order valence-electron chi connectivity index (χ0n) is 14.4. The van der Waals surface area contributed by atoms with E-state index in [-0.39, 0.29) is 0 Å². The molecule has 0 saturated carbocycles. The SMILES string of the molecule is NCCn1nc(-c2ccc(Cl)c(Cl)c2)c2cnccc21.O=C(O)/C=C\C(=O)O. The number of nitrogens with zero attached hydrogens (tertiary/aromatic N) is 3. The van der Waals surface area contributed by atoms with Crippen LogP contribution in [0.5, 0.6) is 0 Å². The Labute approximate surface area is 169 Å². The molecule has 0 saturated heterocycles. The highest BCUT2D eigenvalue weighted by Gasteiger charge is 2.13. The molecule has 4 N–H and O–H groups in total. The van der Waals surface area contributed by atoms with Crippen LogP contribution >= 0.6 is 23.2 Å². The van der Waals surface area contributed by atoms with Crippen LogP contribution in [0, 0.1) is 0 Å². The van der Waals surface area contributed by atoms with Crippen LogP contribution in [0.15, 0.2) is 48.8 Å². The number of hydrogen-bond donors (Lipinski definition) is 3. The third-order valence-corrected chi connectivity index (χ3v) is 4.19. The van der Waals surface area contributed by atoms with Gasteiger partial charge in [-0.3, -0.25) is 9.67 Å². The van der Waals surface area contributed by atoms with E-state index >= 15 is 0 Å². The van der Waals surface area contributed by atoms with E-state index < -0.39 is 11.9 Å². The van der Waals surface area contributed by atoms with Gasteiger partial charge in [0.25, 0.3) is 0 Å². The second-order valence-corrected chi connectivity index (χ2v) is 6.21. The van der Waals surface area contributed by atoms with Gasteiger partial charge in [-0.05, 0) is 18.2 Å². The molecule has 0 amide bonds. The fourth-order valence-electron chi connectivity index (χ4n) is 2.32. The van der Waals surface area contributed by atoms with Crippen molar-refractivity contribution in [2.75, 3.05) is 6.54 Å². The molecule has 0 unspecified atom stereocenters. The van der Waals surface area contributed by atoms with E-state index in [0.717, 1.165) is 22.2 Å². The summed E-state index contributed by atoms with van der Waals surface area (Å²) < 4.78 is 1.88. The maximum absolute atomic E-state index is 9.55. The highest BCUT2D eigenvalue weighted by Crippen LogP contribution is 2.31. The van der Waals surface area contributed by atoms with E-state index in [9.17, 15) is 9.59 Å². The summed E-state index contributed by atoms with van der Waals surface area (Å²) in [6.07, 6.45) is 4.66. The number of aliphatic carboxylic acids is 2. The number of aromatic nitrogens is 3. The molecule has 3 aromatic rings. The Kier molecular flexibility index (Phi) is 7.51. The van der Waals surface area contributed by atoms with Gasteiger partial charge in [-0.15, -0.1) is 0 Å². The zero-order valence-corrected chi connectivity index (χ0v) is 15.9. The van der Waals surface area contributed by atoms with Gasteiger partial charge in [0.1, 0.15) is 5.69 Å². The van der Waals surface area contributed by atoms with E-state index in [1.807, 2.05) is 22.9 Å². The third kappa shape index (κ3) is 5.53. The highest BCUT2D eigenvalue weighted by atomic mass is 35.5. The van der Waals surface area contributed by atoms with Crippen molar-refractivity contribution in [1.29, 1.82) is 0 Å². The molecule has 0 aliphatic rings. The van der Waals surface area contributed by atoms with Crippen molar-refractivity contribution in [2.45, 2.75) is 6.54 Å². The first-order chi connectivity index (χ1) is 13.3. The van der Waals surface area contributed by atoms with Crippen LogP contribution < -0.4 is 5.73 Å². The molecule has 3 rings (SSSR count). The minimum absolute atomic E-state index is 0.509. The van der Waals surface area contributed by atoms with E-state index in [4.69, 9.17) is 39.1 Å². The first-order valence-corrected chi connectivity index (χ1v) is 8.69. The second-order valence-electron chi connectivity index (χ2n) is 5.39. The lowest BCUT2D eigenvalue weighted by atomic mass is 10.1. The van der Waals surface area contributed by atoms with Crippen LogP contribution in [0.3, 0.4) is 0 Å². The number of pyridine rings is 1. The van der Waals surface area contributed by atoms with Crippen LogP contribution in [0.25, 0.3) is 22.2 Å². The number of fused-ring (bicyclic) bond motifs is 1. The molecule has 2 aromatic heterocycles. The standard InChI is InChI=1S/C14H12Cl2N4.C4H4O4/c15-11-2-1-9(7-12(11)16)14-10-8-18-5-3-13(10)20(19-14)6-4-17;5-3(6)1-2-4(7)8/h1-3,5,7-8H,4,6,17H2;1-2H,(H,5,6)(H,7,8)/b;2-1-. The summed E-state index contributed by atoms with van der Waals surface area (Å²) in [7, 11) is 0. The van der Waals surface area contributed by atoms with Gasteiger partial charge in [0.05, 0.1) is 22.1 Å². The van der Waals surface area contributed by atoms with Gasteiger partial charge in [0.15, 0.2) is 0 Å². The molecule has 1 aromatic carbocycles. The largest absolute Gasteiger partial charge is 0.478 e. The van der Waals surface area contributed by atoms with Crippen LogP contribution in [0.1, 0.15) is 0 Å². The predicted octanol–water partition coefficient (Wildman–Crippen LogP) is 3.08. The molecule has 0 aliphatic heterocycles. The summed E-state index contributed by atoms with van der Waals surface area (Å²) in [6, 6.07) is 7.41. The Hall–Kier alpha value is -2.94. The lowest BCUT2D eigenvalue weighted by Crippen LogP contribution is -2.10. The van der Waals surface area contributed by atoms with Crippen molar-refractivity contribution in [3.8, 4) is 11.3 Å². The number of carboxylic acids is 2. The Morgan fingerprint density at radius 2 is 1.79 bits per heavy atom. The van der Waals surface area contributed by atoms with E-state index in [1.54, 1.807) is 18.5 Å². The van der Waals surface area contributed by atoms with Crippen LogP contribution in [-0.2, 0) is 16.1 Å². The summed E-state index contributed by atoms with van der Waals surface area (Å²) in [6.45, 7) is 1.18. The molecule has 10 heteroatoms. The van der Waals surface area contributed by atoms with Crippen molar-refractivity contribution in [2.24, 2.45) is 5.73 Å². The minimum atomic E-state index is -1.26. The lowest BCUT2D eigenvalue weighted by molar-refractivity contribution is -0.134. The second kappa shape index (κ2) is 9.84. The summed E-state index contributed by atoms with van der Waals surface area (Å²) in [5.74, 6) is -2.51. The minimum Gasteiger partial charge on any atom is -0.478 e. The summed E-state index contributed by atoms with van der Waals surface area (Å²) >= 11 is 12.0. The Bertz CT molecular complexity index is 1020. The fourth-order valence-corrected chi connectivity index (χ4v) is 2.61. The van der Waals surface area contributed by atoms with Crippen molar-refractivity contribution in [1.82, 2.24) is 14.8 Å². The van der Waals surface area contributed by atoms with Crippen LogP contribution in [0.4, 0.5) is 0 Å². The molecular formula is C18H16Cl2N4O4. The number of rotatable bonds is 5. The Morgan fingerprint density at radius 3 is 2.36 bits per heavy atom. The normalized spacial score (nSPS) is 10.7. The van der Waals surface area contributed by atoms with E-state index in [1.165, 1.54) is 0 Å². The van der Waals surface area contributed by atoms with Crippen molar-refractivity contribution in [3.63, 3.8) is 0 Å². The third-order valence-electron chi connectivity index (χ3n) is 3.45. The quantitative estimate of drug-likeness (QED) is 0.538. The monoisotopic (exact) mass is 422 g/mol. The average Bonchev–Trinajstić information content (AvgIpc) is 3.02. The fraction of sp³-hybridized carbons (Fsp3) is 0.111. The summed E-state index contributed by atoms with van der Waals surface area (Å²) in [4.78, 5) is 23.3. The number of halogens is 2. The number of hydrogen-bond acceptors (Lipinski definition) is 5. The number of carbonyl (C=O) groups is 2. The maximum atomic E-state index is 9.55. The molecule has 146 valence electrons. The number of benzene rings is 1. The summed E-state index contributed by atoms with van der Waals surface area (Å²) in [5, 5.41) is 22.2. The molecule has 0 aliphatic carbocycles. The van der Waals surface area contributed by atoms with Gasteiger partial charge in [0, 0.05) is 42.0 Å².